The Morgan fingerprint density at radius 1 is 1.18 bits per heavy atom. The maximum absolute atomic E-state index is 11.7. The Bertz CT molecular complexity index is 409. The van der Waals surface area contributed by atoms with E-state index in [2.05, 4.69) is 27.9 Å². The number of carbonyl (C=O) groups is 2. The van der Waals surface area contributed by atoms with Crippen LogP contribution >= 0.6 is 45.2 Å². The van der Waals surface area contributed by atoms with Crippen molar-refractivity contribution in [2.75, 3.05) is 15.6 Å². The molecule has 0 aliphatic heterocycles. The minimum atomic E-state index is -0.458. The molecule has 1 aromatic rings. The Labute approximate surface area is 127 Å². The summed E-state index contributed by atoms with van der Waals surface area (Å²) in [5.41, 5.74) is 0.655. The van der Waals surface area contributed by atoms with E-state index in [1.54, 1.807) is 24.3 Å². The fraction of sp³-hybridized carbons (Fsp3) is 0.273. The van der Waals surface area contributed by atoms with Gasteiger partial charge in [-0.2, -0.15) is 0 Å². The molecule has 0 saturated heterocycles. The summed E-state index contributed by atoms with van der Waals surface area (Å²) >= 11 is 4.15. The summed E-state index contributed by atoms with van der Waals surface area (Å²) < 4.78 is 6.24. The van der Waals surface area contributed by atoms with E-state index in [9.17, 15) is 9.59 Å². The van der Waals surface area contributed by atoms with Gasteiger partial charge in [0.1, 0.15) is 6.61 Å². The van der Waals surface area contributed by atoms with E-state index in [1.807, 2.05) is 22.6 Å². The van der Waals surface area contributed by atoms with Crippen LogP contribution in [-0.4, -0.2) is 27.5 Å². The first kappa shape index (κ1) is 14.7. The summed E-state index contributed by atoms with van der Waals surface area (Å²) in [6.45, 7) is 0.349. The third-order valence-corrected chi connectivity index (χ3v) is 2.75. The topological polar surface area (TPSA) is 55.4 Å². The van der Waals surface area contributed by atoms with Crippen LogP contribution in [0.3, 0.4) is 0 Å². The van der Waals surface area contributed by atoms with Crippen LogP contribution in [0.4, 0.5) is 0 Å². The molecule has 1 aromatic carbocycles. The van der Waals surface area contributed by atoms with Crippen molar-refractivity contribution >= 4 is 57.1 Å². The van der Waals surface area contributed by atoms with Gasteiger partial charge in [-0.25, -0.2) is 4.79 Å². The summed E-state index contributed by atoms with van der Waals surface area (Å²) in [4.78, 5) is 23.4. The minimum Gasteiger partial charge on any atom is -0.461 e. The van der Waals surface area contributed by atoms with Crippen molar-refractivity contribution in [2.24, 2.45) is 0 Å². The van der Waals surface area contributed by atoms with Crippen molar-refractivity contribution in [1.82, 2.24) is 5.32 Å². The van der Waals surface area contributed by atoms with Gasteiger partial charge < -0.3 is 10.1 Å². The average molecular weight is 459 g/mol. The van der Waals surface area contributed by atoms with Gasteiger partial charge in [-0.05, 0) is 12.1 Å². The lowest BCUT2D eigenvalue weighted by Gasteiger charge is -2.08. The third kappa shape index (κ3) is 4.41. The molecule has 0 saturated carbocycles. The zero-order valence-corrected chi connectivity index (χ0v) is 13.2. The Balaban J connectivity index is 2.91. The van der Waals surface area contributed by atoms with Crippen LogP contribution in [0, 0.1) is 0 Å². The minimum absolute atomic E-state index is 0.263. The second-order valence-corrected chi connectivity index (χ2v) is 4.85. The molecule has 0 unspecified atom stereocenters. The van der Waals surface area contributed by atoms with Gasteiger partial charge in [-0.1, -0.05) is 57.3 Å². The molecular weight excluding hydrogens is 448 g/mol. The molecule has 0 aliphatic carbocycles. The summed E-state index contributed by atoms with van der Waals surface area (Å²) in [6.07, 6.45) is 0. The van der Waals surface area contributed by atoms with Crippen LogP contribution in [0.2, 0.25) is 0 Å². The van der Waals surface area contributed by atoms with Gasteiger partial charge in [-0.3, -0.25) is 4.79 Å². The van der Waals surface area contributed by atoms with Gasteiger partial charge in [0.05, 0.1) is 15.7 Å². The van der Waals surface area contributed by atoms with Gasteiger partial charge in [0.25, 0.3) is 5.91 Å². The molecule has 0 spiro atoms. The van der Waals surface area contributed by atoms with Crippen LogP contribution in [0.15, 0.2) is 24.3 Å². The molecule has 0 bridgehead atoms. The highest BCUT2D eigenvalue weighted by Gasteiger charge is 2.16. The first-order valence-electron chi connectivity index (χ1n) is 4.87. The van der Waals surface area contributed by atoms with Crippen LogP contribution in [-0.2, 0) is 4.74 Å². The van der Waals surface area contributed by atoms with Crippen molar-refractivity contribution < 1.29 is 14.3 Å². The zero-order chi connectivity index (χ0) is 12.7. The summed E-state index contributed by atoms with van der Waals surface area (Å²) in [6, 6.07) is 6.64. The van der Waals surface area contributed by atoms with Crippen LogP contribution in [0.5, 0.6) is 0 Å². The first-order chi connectivity index (χ1) is 8.20. The van der Waals surface area contributed by atoms with E-state index in [1.165, 1.54) is 0 Å². The molecule has 0 atom stereocenters. The van der Waals surface area contributed by atoms with Gasteiger partial charge >= 0.3 is 5.97 Å². The van der Waals surface area contributed by atoms with Crippen LogP contribution < -0.4 is 5.32 Å². The number of amides is 1. The van der Waals surface area contributed by atoms with Crippen LogP contribution in [0.25, 0.3) is 0 Å². The molecule has 0 radical (unpaired) electrons. The zero-order valence-electron chi connectivity index (χ0n) is 8.91. The molecule has 1 rings (SSSR count). The Morgan fingerprint density at radius 3 is 2.41 bits per heavy atom. The number of alkyl halides is 2. The number of benzene rings is 1. The van der Waals surface area contributed by atoms with E-state index >= 15 is 0 Å². The van der Waals surface area contributed by atoms with Gasteiger partial charge in [0, 0.05) is 4.43 Å². The highest BCUT2D eigenvalue weighted by molar-refractivity contribution is 14.1. The lowest BCUT2D eigenvalue weighted by molar-refractivity contribution is 0.0529. The van der Waals surface area contributed by atoms with Crippen molar-refractivity contribution in [2.45, 2.75) is 0 Å². The molecule has 0 heterocycles. The molecule has 4 nitrogen and oxygen atoms in total. The normalized spacial score (nSPS) is 9.76. The molecule has 0 fully saturated rings. The summed E-state index contributed by atoms with van der Waals surface area (Å²) in [7, 11) is 0. The first-order valence-corrected chi connectivity index (χ1v) is 7.92. The highest BCUT2D eigenvalue weighted by atomic mass is 127. The van der Waals surface area contributed by atoms with E-state index < -0.39 is 5.97 Å². The molecule has 0 aliphatic rings. The fourth-order valence-corrected chi connectivity index (χ4v) is 1.79. The highest BCUT2D eigenvalue weighted by Crippen LogP contribution is 2.10. The Morgan fingerprint density at radius 2 is 1.82 bits per heavy atom. The molecular formula is C11H11I2NO3. The largest absolute Gasteiger partial charge is 0.461 e. The number of halogens is 2. The lowest BCUT2D eigenvalue weighted by atomic mass is 10.1. The second-order valence-electron chi connectivity index (χ2n) is 3.01. The van der Waals surface area contributed by atoms with E-state index in [-0.39, 0.29) is 5.91 Å². The van der Waals surface area contributed by atoms with Crippen molar-refractivity contribution in [3.05, 3.63) is 35.4 Å². The number of nitrogens with one attached hydrogen (secondary N) is 1. The number of hydrogen-bond acceptors (Lipinski definition) is 3. The number of hydrogen-bond donors (Lipinski definition) is 1. The molecule has 17 heavy (non-hydrogen) atoms. The van der Waals surface area contributed by atoms with Crippen molar-refractivity contribution in [1.29, 1.82) is 0 Å². The van der Waals surface area contributed by atoms with Crippen LogP contribution in [0.1, 0.15) is 20.7 Å². The third-order valence-electron chi connectivity index (χ3n) is 1.93. The van der Waals surface area contributed by atoms with Gasteiger partial charge in [0.2, 0.25) is 0 Å². The Hall–Kier alpha value is -0.380. The smallest absolute Gasteiger partial charge is 0.338 e. The van der Waals surface area contributed by atoms with Crippen molar-refractivity contribution in [3.63, 3.8) is 0 Å². The molecule has 1 amide bonds. The van der Waals surface area contributed by atoms with E-state index in [4.69, 9.17) is 4.74 Å². The number of rotatable bonds is 5. The SMILES string of the molecule is O=C(NCI)c1ccccc1C(=O)OCCI. The number of carbonyl (C=O) groups excluding carboxylic acids is 2. The van der Waals surface area contributed by atoms with Gasteiger partial charge in [-0.15, -0.1) is 0 Å². The average Bonchev–Trinajstić information content (AvgIpc) is 2.36. The maximum Gasteiger partial charge on any atom is 0.338 e. The Kier molecular flexibility index (Phi) is 6.78. The molecule has 1 N–H and O–H groups in total. The summed E-state index contributed by atoms with van der Waals surface area (Å²) in [5.74, 6) is -0.720. The predicted octanol–water partition coefficient (Wildman–Crippen LogP) is 2.40. The quantitative estimate of drug-likeness (QED) is 0.319. The second kappa shape index (κ2) is 7.85. The van der Waals surface area contributed by atoms with Crippen molar-refractivity contribution in [3.8, 4) is 0 Å². The summed E-state index contributed by atoms with van der Waals surface area (Å²) in [5, 5.41) is 2.65. The molecule has 0 aromatic heterocycles. The number of ether oxygens (including phenoxy) is 1. The lowest BCUT2D eigenvalue weighted by Crippen LogP contribution is -2.24. The maximum atomic E-state index is 11.7. The van der Waals surface area contributed by atoms with Gasteiger partial charge in [0.15, 0.2) is 0 Å². The fourth-order valence-electron chi connectivity index (χ4n) is 1.22. The van der Waals surface area contributed by atoms with E-state index in [0.717, 1.165) is 4.43 Å². The molecule has 6 heteroatoms. The standard InChI is InChI=1S/C11H11I2NO3/c12-5-6-17-11(16)9-4-2-1-3-8(9)10(15)14-7-13/h1-4H,5-7H2,(H,14,15). The number of esters is 1. The monoisotopic (exact) mass is 459 g/mol. The molecule has 92 valence electrons. The van der Waals surface area contributed by atoms with E-state index in [0.29, 0.717) is 22.3 Å². The predicted molar refractivity (Wildman–Crippen MR) is 82.0 cm³/mol.